The molecule has 0 spiro atoms. The van der Waals surface area contributed by atoms with Crippen LogP contribution in [0.25, 0.3) is 0 Å². The zero-order chi connectivity index (χ0) is 21.7. The summed E-state index contributed by atoms with van der Waals surface area (Å²) in [5.74, 6) is 0.252. The average Bonchev–Trinajstić information content (AvgIpc) is 2.73. The number of carbonyl (C=O) groups excluding carboxylic acids is 1. The van der Waals surface area contributed by atoms with Gasteiger partial charge in [-0.15, -0.1) is 0 Å². The molecule has 162 valence electrons. The van der Waals surface area contributed by atoms with E-state index in [1.807, 2.05) is 0 Å². The summed E-state index contributed by atoms with van der Waals surface area (Å²) in [7, 11) is -2.18. The van der Waals surface area contributed by atoms with Crippen molar-refractivity contribution in [2.24, 2.45) is 0 Å². The van der Waals surface area contributed by atoms with E-state index in [-0.39, 0.29) is 35.4 Å². The first kappa shape index (κ1) is 22.6. The van der Waals surface area contributed by atoms with Gasteiger partial charge in [-0.3, -0.25) is 4.79 Å². The number of morpholine rings is 1. The molecule has 1 heterocycles. The van der Waals surface area contributed by atoms with Crippen molar-refractivity contribution in [2.75, 3.05) is 45.3 Å². The molecule has 1 N–H and O–H groups in total. The number of sulfonamides is 1. The maximum Gasteiger partial charge on any atom is 0.262 e. The molecule has 1 fully saturated rings. The van der Waals surface area contributed by atoms with Crippen LogP contribution in [-0.4, -0.2) is 58.7 Å². The van der Waals surface area contributed by atoms with Crippen LogP contribution in [0, 0.1) is 0 Å². The van der Waals surface area contributed by atoms with Gasteiger partial charge >= 0.3 is 0 Å². The van der Waals surface area contributed by atoms with Crippen LogP contribution in [0.3, 0.4) is 0 Å². The van der Waals surface area contributed by atoms with Gasteiger partial charge in [0.25, 0.3) is 5.91 Å². The molecule has 3 rings (SSSR count). The molecule has 0 radical (unpaired) electrons. The van der Waals surface area contributed by atoms with Crippen LogP contribution >= 0.6 is 23.2 Å². The highest BCUT2D eigenvalue weighted by molar-refractivity contribution is 7.89. The maximum atomic E-state index is 12.7. The lowest BCUT2D eigenvalue weighted by Crippen LogP contribution is -2.40. The summed E-state index contributed by atoms with van der Waals surface area (Å²) < 4.78 is 42.4. The van der Waals surface area contributed by atoms with Crippen molar-refractivity contribution in [1.29, 1.82) is 0 Å². The molecule has 0 bridgehead atoms. The second-order valence-corrected chi connectivity index (χ2v) is 9.05. The number of nitrogens with one attached hydrogen (secondary N) is 1. The first-order chi connectivity index (χ1) is 14.3. The van der Waals surface area contributed by atoms with Crippen molar-refractivity contribution in [1.82, 2.24) is 4.31 Å². The van der Waals surface area contributed by atoms with Crippen LogP contribution in [0.2, 0.25) is 10.0 Å². The van der Waals surface area contributed by atoms with Gasteiger partial charge in [0, 0.05) is 18.8 Å². The number of anilines is 1. The minimum absolute atomic E-state index is 0.0547. The maximum absolute atomic E-state index is 12.7. The molecule has 0 unspecified atom stereocenters. The highest BCUT2D eigenvalue weighted by atomic mass is 35.5. The third-order valence-corrected chi connectivity index (χ3v) is 6.79. The normalized spacial score (nSPS) is 14.9. The summed E-state index contributed by atoms with van der Waals surface area (Å²) in [5, 5.41) is 3.09. The predicted molar refractivity (Wildman–Crippen MR) is 113 cm³/mol. The minimum atomic E-state index is -3.67. The molecule has 0 aromatic heterocycles. The van der Waals surface area contributed by atoms with Crippen molar-refractivity contribution in [3.05, 3.63) is 46.4 Å². The van der Waals surface area contributed by atoms with E-state index in [9.17, 15) is 13.2 Å². The summed E-state index contributed by atoms with van der Waals surface area (Å²) >= 11 is 12.2. The Balaban J connectivity index is 1.62. The van der Waals surface area contributed by atoms with Crippen LogP contribution in [0.4, 0.5) is 5.69 Å². The van der Waals surface area contributed by atoms with E-state index in [1.54, 1.807) is 18.2 Å². The molecular weight excluding hydrogens is 455 g/mol. The number of halogens is 2. The fraction of sp³-hybridized carbons (Fsp3) is 0.316. The molecule has 8 nitrogen and oxygen atoms in total. The molecule has 30 heavy (non-hydrogen) atoms. The topological polar surface area (TPSA) is 94.2 Å². The van der Waals surface area contributed by atoms with Gasteiger partial charge in [-0.1, -0.05) is 23.2 Å². The zero-order valence-electron chi connectivity index (χ0n) is 16.1. The lowest BCUT2D eigenvalue weighted by molar-refractivity contribution is -0.118. The van der Waals surface area contributed by atoms with Crippen molar-refractivity contribution < 1.29 is 27.4 Å². The van der Waals surface area contributed by atoms with Gasteiger partial charge in [-0.2, -0.15) is 4.31 Å². The molecule has 2 aromatic carbocycles. The molecule has 1 amide bonds. The quantitative estimate of drug-likeness (QED) is 0.662. The second kappa shape index (κ2) is 9.84. The molecule has 0 saturated carbocycles. The van der Waals surface area contributed by atoms with Gasteiger partial charge in [-0.05, 0) is 36.4 Å². The van der Waals surface area contributed by atoms with E-state index in [2.05, 4.69) is 5.32 Å². The number of benzene rings is 2. The molecular formula is C19H20Cl2N2O6S. The Morgan fingerprint density at radius 2 is 1.77 bits per heavy atom. The summed E-state index contributed by atoms with van der Waals surface area (Å²) in [6.07, 6.45) is 0. The Hall–Kier alpha value is -2.04. The fourth-order valence-corrected chi connectivity index (χ4v) is 4.77. The largest absolute Gasteiger partial charge is 0.495 e. The molecule has 1 aliphatic heterocycles. The molecule has 0 atom stereocenters. The smallest absolute Gasteiger partial charge is 0.262 e. The lowest BCUT2D eigenvalue weighted by atomic mass is 10.3. The SMILES string of the molecule is COc1ccc(NC(=O)COc2ccc(S(=O)(=O)N3CCOCC3)cc2Cl)cc1Cl. The third kappa shape index (κ3) is 5.35. The van der Waals surface area contributed by atoms with E-state index in [0.29, 0.717) is 29.7 Å². The number of rotatable bonds is 7. The molecule has 1 aliphatic rings. The molecule has 2 aromatic rings. The minimum Gasteiger partial charge on any atom is -0.495 e. The summed E-state index contributed by atoms with van der Waals surface area (Å²) in [6.45, 7) is 0.950. The Morgan fingerprint density at radius 3 is 2.40 bits per heavy atom. The number of amides is 1. The van der Waals surface area contributed by atoms with Crippen molar-refractivity contribution in [2.45, 2.75) is 4.90 Å². The van der Waals surface area contributed by atoms with E-state index in [4.69, 9.17) is 37.4 Å². The van der Waals surface area contributed by atoms with Gasteiger partial charge in [0.1, 0.15) is 11.5 Å². The Bertz CT molecular complexity index is 1030. The van der Waals surface area contributed by atoms with Crippen molar-refractivity contribution in [3.8, 4) is 11.5 Å². The summed E-state index contributed by atoms with van der Waals surface area (Å²) in [5.41, 5.74) is 0.479. The predicted octanol–water partition coefficient (Wildman–Crippen LogP) is 3.04. The van der Waals surface area contributed by atoms with E-state index >= 15 is 0 Å². The first-order valence-electron chi connectivity index (χ1n) is 8.95. The molecule has 0 aliphatic carbocycles. The molecule has 1 saturated heterocycles. The highest BCUT2D eigenvalue weighted by Gasteiger charge is 2.27. The Morgan fingerprint density at radius 1 is 1.10 bits per heavy atom. The van der Waals surface area contributed by atoms with E-state index < -0.39 is 15.9 Å². The van der Waals surface area contributed by atoms with Gasteiger partial charge < -0.3 is 19.5 Å². The van der Waals surface area contributed by atoms with Crippen LogP contribution in [0.1, 0.15) is 0 Å². The second-order valence-electron chi connectivity index (χ2n) is 6.29. The standard InChI is InChI=1S/C19H20Cl2N2O6S/c1-27-17-4-2-13(10-15(17)20)22-19(24)12-29-18-5-3-14(11-16(18)21)30(25,26)23-6-8-28-9-7-23/h2-5,10-11H,6-9,12H2,1H3,(H,22,24). The number of hydrogen-bond donors (Lipinski definition) is 1. The fourth-order valence-electron chi connectivity index (χ4n) is 2.78. The van der Waals surface area contributed by atoms with Crippen LogP contribution < -0.4 is 14.8 Å². The number of hydrogen-bond acceptors (Lipinski definition) is 6. The average molecular weight is 475 g/mol. The van der Waals surface area contributed by atoms with Crippen LogP contribution in [0.15, 0.2) is 41.3 Å². The zero-order valence-corrected chi connectivity index (χ0v) is 18.4. The number of carbonyl (C=O) groups is 1. The Labute approximate surface area is 184 Å². The van der Waals surface area contributed by atoms with Gasteiger partial charge in [0.05, 0.1) is 35.3 Å². The first-order valence-corrected chi connectivity index (χ1v) is 11.1. The number of methoxy groups -OCH3 is 1. The monoisotopic (exact) mass is 474 g/mol. The lowest BCUT2D eigenvalue weighted by Gasteiger charge is -2.26. The molecule has 11 heteroatoms. The van der Waals surface area contributed by atoms with Crippen LogP contribution in [0.5, 0.6) is 11.5 Å². The van der Waals surface area contributed by atoms with Gasteiger partial charge in [0.15, 0.2) is 6.61 Å². The van der Waals surface area contributed by atoms with Crippen molar-refractivity contribution in [3.63, 3.8) is 0 Å². The summed E-state index contributed by atoms with van der Waals surface area (Å²) in [6, 6.07) is 8.95. The van der Waals surface area contributed by atoms with Crippen molar-refractivity contribution >= 4 is 44.8 Å². The number of ether oxygens (including phenoxy) is 3. The third-order valence-electron chi connectivity index (χ3n) is 4.31. The van der Waals surface area contributed by atoms with Gasteiger partial charge in [-0.25, -0.2) is 8.42 Å². The number of nitrogens with zero attached hydrogens (tertiary/aromatic N) is 1. The Kier molecular flexibility index (Phi) is 7.43. The highest BCUT2D eigenvalue weighted by Crippen LogP contribution is 2.30. The van der Waals surface area contributed by atoms with E-state index in [0.717, 1.165) is 0 Å². The summed E-state index contributed by atoms with van der Waals surface area (Å²) in [4.78, 5) is 12.2. The van der Waals surface area contributed by atoms with E-state index in [1.165, 1.54) is 29.6 Å². The van der Waals surface area contributed by atoms with Gasteiger partial charge in [0.2, 0.25) is 10.0 Å². The van der Waals surface area contributed by atoms with Crippen LogP contribution in [-0.2, 0) is 19.6 Å².